The Hall–Kier alpha value is 0.450. The molecule has 0 bridgehead atoms. The van der Waals surface area contributed by atoms with Crippen LogP contribution in [-0.2, 0) is 27.4 Å². The summed E-state index contributed by atoms with van der Waals surface area (Å²) in [6.45, 7) is 19.6. The van der Waals surface area contributed by atoms with E-state index in [1.807, 2.05) is 13.8 Å². The standard InChI is InChI=1S/C22H50N3O6P3/c1-9-15-26-22(8)32(27-16-10-2)23-21(7)33(28-17-11-3,29-18-12-4)25-34(24-32,30-19-13-5)31-20-14-6/h21-22H,9-20H2,1-8H3. The van der Waals surface area contributed by atoms with Gasteiger partial charge in [0.15, 0.2) is 0 Å². The molecule has 0 aromatic heterocycles. The van der Waals surface area contributed by atoms with Crippen LogP contribution in [0.4, 0.5) is 0 Å². The normalized spacial score (nSPS) is 24.5. The predicted octanol–water partition coefficient (Wildman–Crippen LogP) is 9.26. The number of ether oxygens (including phenoxy) is 1. The Bertz CT molecular complexity index is 711. The molecule has 0 amide bonds. The Morgan fingerprint density at radius 1 is 0.618 bits per heavy atom. The smallest absolute Gasteiger partial charge is 0.345 e. The van der Waals surface area contributed by atoms with E-state index < -0.39 is 22.6 Å². The molecule has 0 saturated heterocycles. The van der Waals surface area contributed by atoms with Gasteiger partial charge in [0, 0.05) is 6.61 Å². The van der Waals surface area contributed by atoms with Crippen molar-refractivity contribution in [2.45, 2.75) is 106 Å². The fraction of sp³-hybridized carbons (Fsp3) is 1.00. The van der Waals surface area contributed by atoms with Gasteiger partial charge in [-0.25, -0.2) is 4.74 Å². The number of hydrogen-bond donors (Lipinski definition) is 0. The van der Waals surface area contributed by atoms with Crippen LogP contribution in [0.5, 0.6) is 0 Å². The maximum absolute atomic E-state index is 6.51. The number of hydrogen-bond acceptors (Lipinski definition) is 9. The predicted molar refractivity (Wildman–Crippen MR) is 144 cm³/mol. The van der Waals surface area contributed by atoms with Crippen LogP contribution in [-0.4, -0.2) is 51.3 Å². The van der Waals surface area contributed by atoms with Crippen molar-refractivity contribution in [1.82, 2.24) is 0 Å². The van der Waals surface area contributed by atoms with Gasteiger partial charge in [0.1, 0.15) is 11.6 Å². The lowest BCUT2D eigenvalue weighted by molar-refractivity contribution is 0.109. The van der Waals surface area contributed by atoms with Crippen LogP contribution < -0.4 is 0 Å². The van der Waals surface area contributed by atoms with Crippen molar-refractivity contribution in [2.24, 2.45) is 13.8 Å². The minimum atomic E-state index is -3.15. The molecule has 0 N–H and O–H groups in total. The maximum atomic E-state index is 6.51. The minimum Gasteiger partial charge on any atom is -0.368 e. The van der Waals surface area contributed by atoms with Crippen molar-refractivity contribution in [3.8, 4) is 0 Å². The fourth-order valence-corrected chi connectivity index (χ4v) is 13.8. The summed E-state index contributed by atoms with van der Waals surface area (Å²) in [6, 6.07) is 0. The monoisotopic (exact) mass is 545 g/mol. The highest BCUT2D eigenvalue weighted by Gasteiger charge is 2.44. The molecular formula is C22H50N3O6P3. The van der Waals surface area contributed by atoms with E-state index in [4.69, 9.17) is 41.1 Å². The molecule has 0 fully saturated rings. The molecule has 3 unspecified atom stereocenters. The molecule has 0 aliphatic carbocycles. The summed E-state index contributed by atoms with van der Waals surface area (Å²) in [6.07, 6.45) is 5.05. The van der Waals surface area contributed by atoms with Gasteiger partial charge in [0.25, 0.3) is 0 Å². The van der Waals surface area contributed by atoms with Crippen LogP contribution in [0.1, 0.15) is 93.9 Å². The van der Waals surface area contributed by atoms with Crippen molar-refractivity contribution >= 4 is 22.6 Å². The van der Waals surface area contributed by atoms with Gasteiger partial charge in [-0.1, -0.05) is 41.5 Å². The summed E-state index contributed by atoms with van der Waals surface area (Å²) in [5, 5.41) is 0. The van der Waals surface area contributed by atoms with E-state index in [1.165, 1.54) is 0 Å². The first-order valence-corrected chi connectivity index (χ1v) is 17.9. The third-order valence-electron chi connectivity index (χ3n) is 4.69. The van der Waals surface area contributed by atoms with Crippen molar-refractivity contribution in [2.75, 3.05) is 39.6 Å². The summed E-state index contributed by atoms with van der Waals surface area (Å²) >= 11 is 0. The first-order chi connectivity index (χ1) is 16.3. The Labute approximate surface area is 209 Å². The summed E-state index contributed by atoms with van der Waals surface area (Å²) in [5.74, 6) is -0.714. The summed E-state index contributed by atoms with van der Waals surface area (Å²) in [5.41, 5.74) is 0. The van der Waals surface area contributed by atoms with Crippen LogP contribution in [0.2, 0.25) is 0 Å². The van der Waals surface area contributed by atoms with E-state index in [9.17, 15) is 0 Å². The topological polar surface area (TPSA) is 92.5 Å². The van der Waals surface area contributed by atoms with Gasteiger partial charge >= 0.3 is 7.66 Å². The van der Waals surface area contributed by atoms with E-state index in [1.54, 1.807) is 0 Å². The molecule has 0 saturated carbocycles. The zero-order valence-electron chi connectivity index (χ0n) is 22.8. The minimum absolute atomic E-state index is 0.344. The second-order valence-electron chi connectivity index (χ2n) is 8.21. The second-order valence-corrected chi connectivity index (χ2v) is 15.9. The highest BCUT2D eigenvalue weighted by Crippen LogP contribution is 2.78. The molecule has 1 aliphatic heterocycles. The second kappa shape index (κ2) is 17.1. The molecule has 0 radical (unpaired) electrons. The largest absolute Gasteiger partial charge is 0.368 e. The molecule has 9 nitrogen and oxygen atoms in total. The van der Waals surface area contributed by atoms with Crippen molar-refractivity contribution in [3.05, 3.63) is 0 Å². The molecule has 12 heteroatoms. The quantitative estimate of drug-likeness (QED) is 0.150. The van der Waals surface area contributed by atoms with Crippen molar-refractivity contribution in [1.29, 1.82) is 0 Å². The maximum Gasteiger partial charge on any atom is 0.345 e. The summed E-state index contributed by atoms with van der Waals surface area (Å²) in [7, 11) is -8.91. The van der Waals surface area contributed by atoms with Gasteiger partial charge in [-0.15, -0.1) is 0 Å². The van der Waals surface area contributed by atoms with Crippen LogP contribution in [0, 0.1) is 0 Å². The van der Waals surface area contributed by atoms with E-state index in [2.05, 4.69) is 41.5 Å². The SMILES string of the molecule is CCCOC(C)P1(OCCC)=NC(C)P(OCCC)(OCCC)=NP(OCCC)(OCCC)=N1. The van der Waals surface area contributed by atoms with E-state index in [0.29, 0.717) is 39.6 Å². The average molecular weight is 546 g/mol. The molecule has 1 heterocycles. The summed E-state index contributed by atoms with van der Waals surface area (Å²) < 4.78 is 54.1. The van der Waals surface area contributed by atoms with Crippen LogP contribution >= 0.6 is 22.6 Å². The van der Waals surface area contributed by atoms with Gasteiger partial charge in [-0.05, 0) is 52.4 Å². The Morgan fingerprint density at radius 2 is 1.06 bits per heavy atom. The lowest BCUT2D eigenvalue weighted by Gasteiger charge is -2.29. The Balaban J connectivity index is 3.94. The molecular weight excluding hydrogens is 495 g/mol. The molecule has 0 aromatic carbocycles. The molecule has 0 aromatic rings. The van der Waals surface area contributed by atoms with Crippen LogP contribution in [0.3, 0.4) is 0 Å². The summed E-state index contributed by atoms with van der Waals surface area (Å²) in [4.78, 5) is 0. The van der Waals surface area contributed by atoms with Gasteiger partial charge in [0.05, 0.1) is 33.0 Å². The first kappa shape index (κ1) is 32.5. The highest BCUT2D eigenvalue weighted by atomic mass is 31.2. The van der Waals surface area contributed by atoms with Crippen LogP contribution in [0.15, 0.2) is 13.8 Å². The lowest BCUT2D eigenvalue weighted by Crippen LogP contribution is -2.14. The van der Waals surface area contributed by atoms with Crippen molar-refractivity contribution < 1.29 is 27.4 Å². The third-order valence-corrected chi connectivity index (χ3v) is 14.2. The highest BCUT2D eigenvalue weighted by molar-refractivity contribution is 7.75. The average Bonchev–Trinajstić information content (AvgIpc) is 2.94. The van der Waals surface area contributed by atoms with E-state index >= 15 is 0 Å². The zero-order valence-corrected chi connectivity index (χ0v) is 25.5. The lowest BCUT2D eigenvalue weighted by atomic mass is 10.5. The Morgan fingerprint density at radius 3 is 1.53 bits per heavy atom. The third kappa shape index (κ3) is 9.39. The van der Waals surface area contributed by atoms with E-state index in [-0.39, 0.29) is 11.6 Å². The molecule has 1 rings (SSSR count). The molecule has 0 spiro atoms. The molecule has 34 heavy (non-hydrogen) atoms. The van der Waals surface area contributed by atoms with Gasteiger partial charge in [0.2, 0.25) is 14.9 Å². The van der Waals surface area contributed by atoms with Gasteiger partial charge in [-0.3, -0.25) is 0 Å². The number of rotatable bonds is 19. The molecule has 204 valence electrons. The van der Waals surface area contributed by atoms with E-state index in [0.717, 1.165) is 38.5 Å². The number of nitrogens with zero attached hydrogens (tertiary/aromatic N) is 3. The van der Waals surface area contributed by atoms with Gasteiger partial charge < -0.3 is 27.4 Å². The fourth-order valence-electron chi connectivity index (χ4n) is 2.99. The van der Waals surface area contributed by atoms with Gasteiger partial charge in [-0.2, -0.15) is 9.03 Å². The van der Waals surface area contributed by atoms with Crippen LogP contribution in [0.25, 0.3) is 0 Å². The first-order valence-electron chi connectivity index (χ1n) is 13.1. The molecule has 3 atom stereocenters. The Kier molecular flexibility index (Phi) is 16.3. The van der Waals surface area contributed by atoms with Crippen molar-refractivity contribution in [3.63, 3.8) is 0 Å². The zero-order chi connectivity index (χ0) is 25.5. The molecule has 1 aliphatic rings.